The van der Waals surface area contributed by atoms with E-state index in [4.69, 9.17) is 0 Å². The van der Waals surface area contributed by atoms with Crippen LogP contribution >= 0.6 is 23.5 Å². The first-order valence-corrected chi connectivity index (χ1v) is 5.08. The minimum absolute atomic E-state index is 0.138. The molecule has 3 nitrogen and oxygen atoms in total. The van der Waals surface area contributed by atoms with Crippen LogP contribution in [0, 0.1) is 0 Å². The fraction of sp³-hybridized carbons (Fsp3) is 0.600. The average Bonchev–Trinajstić information content (AvgIpc) is 1.90. The lowest BCUT2D eigenvalue weighted by Gasteiger charge is -1.96. The quantitative estimate of drug-likeness (QED) is 0.371. The van der Waals surface area contributed by atoms with E-state index >= 15 is 0 Å². The van der Waals surface area contributed by atoms with Crippen LogP contribution in [0.5, 0.6) is 0 Å². The summed E-state index contributed by atoms with van der Waals surface area (Å²) in [5.41, 5.74) is 2.35. The van der Waals surface area contributed by atoms with E-state index in [9.17, 15) is 4.79 Å². The Hall–Kier alpha value is -0.160. The fourth-order valence-electron chi connectivity index (χ4n) is 0.299. The van der Waals surface area contributed by atoms with Crippen LogP contribution in [0.25, 0.3) is 0 Å². The summed E-state index contributed by atoms with van der Waals surface area (Å²) < 4.78 is 0.857. The van der Waals surface area contributed by atoms with E-state index in [1.54, 1.807) is 0 Å². The molecule has 1 amide bonds. The Morgan fingerprint density at radius 3 is 2.20 bits per heavy atom. The second-order valence-corrected chi connectivity index (χ2v) is 3.30. The maximum absolute atomic E-state index is 10.3. The third kappa shape index (κ3) is 4.69. The molecule has 0 radical (unpaired) electrons. The number of carbonyl (C=O) groups excluding carboxylic acids is 1. The summed E-state index contributed by atoms with van der Waals surface area (Å²) in [5, 5.41) is 3.80. The molecule has 0 rings (SSSR count). The predicted molar refractivity (Wildman–Crippen MR) is 48.3 cm³/mol. The summed E-state index contributed by atoms with van der Waals surface area (Å²) in [7, 11) is 0. The van der Waals surface area contributed by atoms with Crippen molar-refractivity contribution in [2.24, 2.45) is 5.10 Å². The van der Waals surface area contributed by atoms with Gasteiger partial charge in [0.15, 0.2) is 0 Å². The summed E-state index contributed by atoms with van der Waals surface area (Å²) in [6, 6.07) is 0. The van der Waals surface area contributed by atoms with E-state index in [0.717, 1.165) is 4.38 Å². The minimum Gasteiger partial charge on any atom is -0.274 e. The van der Waals surface area contributed by atoms with E-state index in [1.165, 1.54) is 30.4 Å². The van der Waals surface area contributed by atoms with Crippen molar-refractivity contribution >= 4 is 33.8 Å². The highest BCUT2D eigenvalue weighted by Crippen LogP contribution is 2.08. The van der Waals surface area contributed by atoms with Gasteiger partial charge in [-0.1, -0.05) is 0 Å². The number of rotatable bonds is 1. The topological polar surface area (TPSA) is 41.5 Å². The molecule has 0 atom stereocenters. The van der Waals surface area contributed by atoms with Crippen LogP contribution in [-0.4, -0.2) is 22.8 Å². The maximum atomic E-state index is 10.3. The Morgan fingerprint density at radius 1 is 1.40 bits per heavy atom. The molecule has 0 bridgehead atoms. The highest BCUT2D eigenvalue weighted by molar-refractivity contribution is 8.38. The second kappa shape index (κ2) is 5.61. The molecule has 0 aliphatic rings. The molecule has 0 aliphatic carbocycles. The van der Waals surface area contributed by atoms with Crippen molar-refractivity contribution < 1.29 is 4.79 Å². The van der Waals surface area contributed by atoms with E-state index < -0.39 is 0 Å². The molecule has 0 fully saturated rings. The maximum Gasteiger partial charge on any atom is 0.236 e. The van der Waals surface area contributed by atoms with Crippen LogP contribution in [0.15, 0.2) is 5.10 Å². The smallest absolute Gasteiger partial charge is 0.236 e. The molecule has 0 aromatic heterocycles. The monoisotopic (exact) mass is 178 g/mol. The molecule has 0 aromatic carbocycles. The molecule has 58 valence electrons. The van der Waals surface area contributed by atoms with Gasteiger partial charge in [0.05, 0.1) is 0 Å². The highest BCUT2D eigenvalue weighted by Gasteiger charge is 1.92. The van der Waals surface area contributed by atoms with Crippen LogP contribution in [0.2, 0.25) is 0 Å². The summed E-state index contributed by atoms with van der Waals surface area (Å²) in [6.45, 7) is 1.43. The number of hydrazone groups is 1. The number of hydrogen-bond donors (Lipinski definition) is 1. The molecular formula is C5H10N2OS2. The van der Waals surface area contributed by atoms with Gasteiger partial charge in [-0.05, 0) is 12.5 Å². The minimum atomic E-state index is -0.138. The molecule has 10 heavy (non-hydrogen) atoms. The molecule has 0 saturated carbocycles. The molecule has 0 aromatic rings. The van der Waals surface area contributed by atoms with Gasteiger partial charge in [-0.2, -0.15) is 5.10 Å². The Morgan fingerprint density at radius 2 is 1.90 bits per heavy atom. The van der Waals surface area contributed by atoms with Crippen molar-refractivity contribution in [1.29, 1.82) is 0 Å². The zero-order valence-electron chi connectivity index (χ0n) is 6.17. The first-order valence-electron chi connectivity index (χ1n) is 2.63. The van der Waals surface area contributed by atoms with Crippen molar-refractivity contribution in [3.05, 3.63) is 0 Å². The third-order valence-electron chi connectivity index (χ3n) is 0.654. The molecule has 0 saturated heterocycles. The van der Waals surface area contributed by atoms with E-state index in [2.05, 4.69) is 10.5 Å². The Balaban J connectivity index is 3.74. The molecule has 0 spiro atoms. The molecule has 5 heteroatoms. The standard InChI is InChI=1S/C5H10N2OS2/c1-4(8)6-7-5(9-2)10-3/h1-3H3,(H,6,8). The van der Waals surface area contributed by atoms with Crippen LogP contribution < -0.4 is 5.43 Å². The first-order chi connectivity index (χ1) is 4.70. The van der Waals surface area contributed by atoms with Gasteiger partial charge in [-0.25, -0.2) is 5.43 Å². The fourth-order valence-corrected chi connectivity index (χ4v) is 1.24. The summed E-state index contributed by atoms with van der Waals surface area (Å²) in [6.07, 6.45) is 3.83. The predicted octanol–water partition coefficient (Wildman–Crippen LogP) is 1.12. The zero-order valence-corrected chi connectivity index (χ0v) is 7.80. The van der Waals surface area contributed by atoms with Gasteiger partial charge in [-0.3, -0.25) is 4.79 Å². The number of carbonyl (C=O) groups is 1. The third-order valence-corrected chi connectivity index (χ3v) is 2.53. The molecule has 0 heterocycles. The zero-order chi connectivity index (χ0) is 7.98. The summed E-state index contributed by atoms with van der Waals surface area (Å²) in [4.78, 5) is 10.3. The van der Waals surface area contributed by atoms with Gasteiger partial charge >= 0.3 is 0 Å². The van der Waals surface area contributed by atoms with E-state index in [0.29, 0.717) is 0 Å². The van der Waals surface area contributed by atoms with Crippen LogP contribution in [-0.2, 0) is 4.79 Å². The van der Waals surface area contributed by atoms with Crippen LogP contribution in [0.1, 0.15) is 6.92 Å². The number of amides is 1. The van der Waals surface area contributed by atoms with Crippen molar-refractivity contribution in [3.63, 3.8) is 0 Å². The van der Waals surface area contributed by atoms with Gasteiger partial charge in [0.1, 0.15) is 4.38 Å². The number of nitrogens with zero attached hydrogens (tertiary/aromatic N) is 1. The van der Waals surface area contributed by atoms with Crippen molar-refractivity contribution in [3.8, 4) is 0 Å². The van der Waals surface area contributed by atoms with Crippen molar-refractivity contribution in [2.45, 2.75) is 6.92 Å². The van der Waals surface area contributed by atoms with Gasteiger partial charge in [0, 0.05) is 6.92 Å². The number of nitrogens with one attached hydrogen (secondary N) is 1. The molecule has 1 N–H and O–H groups in total. The second-order valence-electron chi connectivity index (χ2n) is 1.45. The summed E-state index contributed by atoms with van der Waals surface area (Å²) in [5.74, 6) is -0.138. The normalized spacial score (nSPS) is 8.70. The molecule has 0 aliphatic heterocycles. The number of thioether (sulfide) groups is 2. The van der Waals surface area contributed by atoms with Gasteiger partial charge in [-0.15, -0.1) is 23.5 Å². The SMILES string of the molecule is CSC(=NNC(C)=O)SC. The number of hydrogen-bond acceptors (Lipinski definition) is 4. The Labute approximate surface area is 69.0 Å². The Kier molecular flexibility index (Phi) is 5.52. The highest BCUT2D eigenvalue weighted by atomic mass is 32.2. The largest absolute Gasteiger partial charge is 0.274 e. The molecular weight excluding hydrogens is 168 g/mol. The lowest BCUT2D eigenvalue weighted by molar-refractivity contribution is -0.118. The summed E-state index contributed by atoms with van der Waals surface area (Å²) >= 11 is 3.02. The van der Waals surface area contributed by atoms with Crippen molar-refractivity contribution in [1.82, 2.24) is 5.43 Å². The van der Waals surface area contributed by atoms with Gasteiger partial charge in [0.2, 0.25) is 5.91 Å². The van der Waals surface area contributed by atoms with Gasteiger partial charge in [0.25, 0.3) is 0 Å². The van der Waals surface area contributed by atoms with E-state index in [1.807, 2.05) is 12.5 Å². The molecule has 0 unspecified atom stereocenters. The van der Waals surface area contributed by atoms with Crippen molar-refractivity contribution in [2.75, 3.05) is 12.5 Å². The van der Waals surface area contributed by atoms with Gasteiger partial charge < -0.3 is 0 Å². The lowest BCUT2D eigenvalue weighted by atomic mass is 10.8. The van der Waals surface area contributed by atoms with Crippen LogP contribution in [0.3, 0.4) is 0 Å². The Bertz CT molecular complexity index is 141. The van der Waals surface area contributed by atoms with Crippen LogP contribution in [0.4, 0.5) is 0 Å². The lowest BCUT2D eigenvalue weighted by Crippen LogP contribution is -2.13. The van der Waals surface area contributed by atoms with E-state index in [-0.39, 0.29) is 5.91 Å². The average molecular weight is 178 g/mol. The first kappa shape index (κ1) is 9.84.